The maximum atomic E-state index is 12.7. The first-order valence-electron chi connectivity index (χ1n) is 9.37. The summed E-state index contributed by atoms with van der Waals surface area (Å²) in [4.78, 5) is 11.9. The van der Waals surface area contributed by atoms with Gasteiger partial charge in [-0.1, -0.05) is 47.4 Å². The van der Waals surface area contributed by atoms with Crippen molar-refractivity contribution in [3.05, 3.63) is 71.1 Å². The fourth-order valence-electron chi connectivity index (χ4n) is 2.38. The van der Waals surface area contributed by atoms with E-state index in [1.807, 2.05) is 31.2 Å². The zero-order valence-corrected chi connectivity index (χ0v) is 17.7. The fourth-order valence-corrected chi connectivity index (χ4v) is 2.99. The van der Waals surface area contributed by atoms with Crippen molar-refractivity contribution in [2.24, 2.45) is 0 Å². The summed E-state index contributed by atoms with van der Waals surface area (Å²) in [6.07, 6.45) is -4.43. The van der Waals surface area contributed by atoms with Crippen molar-refractivity contribution in [3.63, 3.8) is 0 Å². The van der Waals surface area contributed by atoms with Gasteiger partial charge < -0.3 is 14.5 Å². The number of aromatic nitrogens is 2. The number of benzene rings is 2. The number of carbonyl (C=O) groups excluding carboxylic acids is 1. The van der Waals surface area contributed by atoms with E-state index in [9.17, 15) is 18.0 Å². The number of amides is 1. The lowest BCUT2D eigenvalue weighted by molar-refractivity contribution is -0.137. The van der Waals surface area contributed by atoms with Gasteiger partial charge in [-0.2, -0.15) is 13.2 Å². The predicted molar refractivity (Wildman–Crippen MR) is 112 cm³/mol. The third-order valence-electron chi connectivity index (χ3n) is 3.95. The molecule has 3 aromatic rings. The van der Waals surface area contributed by atoms with Crippen molar-refractivity contribution in [2.45, 2.75) is 24.9 Å². The molecular formula is C22H18F3N3O3S. The van der Waals surface area contributed by atoms with E-state index in [-0.39, 0.29) is 41.5 Å². The highest BCUT2D eigenvalue weighted by molar-refractivity contribution is 7.99. The van der Waals surface area contributed by atoms with Crippen LogP contribution in [0, 0.1) is 18.8 Å². The van der Waals surface area contributed by atoms with Gasteiger partial charge in [-0.15, -0.1) is 10.2 Å². The quantitative estimate of drug-likeness (QED) is 0.419. The van der Waals surface area contributed by atoms with Crippen LogP contribution in [0.2, 0.25) is 0 Å². The number of hydrogen-bond acceptors (Lipinski definition) is 6. The van der Waals surface area contributed by atoms with Gasteiger partial charge in [0.15, 0.2) is 6.61 Å². The Bertz CT molecular complexity index is 1120. The van der Waals surface area contributed by atoms with Crippen molar-refractivity contribution in [2.75, 3.05) is 12.3 Å². The average molecular weight is 461 g/mol. The first-order valence-corrected chi connectivity index (χ1v) is 10.4. The molecule has 2 aromatic carbocycles. The maximum absolute atomic E-state index is 12.7. The third-order valence-corrected chi connectivity index (χ3v) is 4.77. The summed E-state index contributed by atoms with van der Waals surface area (Å²) in [6, 6.07) is 12.2. The molecule has 0 saturated heterocycles. The number of carbonyl (C=O) groups is 1. The summed E-state index contributed by atoms with van der Waals surface area (Å²) in [5, 5.41) is 10.5. The molecule has 0 atom stereocenters. The van der Waals surface area contributed by atoms with Crippen molar-refractivity contribution in [1.29, 1.82) is 0 Å². The summed E-state index contributed by atoms with van der Waals surface area (Å²) in [5.41, 5.74) is 0.566. The molecule has 166 valence electrons. The molecule has 1 aromatic heterocycles. The Kier molecular flexibility index (Phi) is 7.78. The minimum Gasteiger partial charge on any atom is -0.484 e. The number of aryl methyl sites for hydroxylation is 1. The van der Waals surface area contributed by atoms with E-state index in [0.29, 0.717) is 5.75 Å². The molecule has 0 radical (unpaired) electrons. The monoisotopic (exact) mass is 461 g/mol. The SMILES string of the molecule is Cc1ccc(OCc2nnc(SCC(=O)NCC#Cc3cccc(C(F)(F)F)c3)o2)cc1. The molecule has 0 aliphatic heterocycles. The highest BCUT2D eigenvalue weighted by Gasteiger charge is 2.30. The number of ether oxygens (including phenoxy) is 1. The number of nitrogens with one attached hydrogen (secondary N) is 1. The lowest BCUT2D eigenvalue weighted by Crippen LogP contribution is -2.25. The van der Waals surface area contributed by atoms with Crippen LogP contribution < -0.4 is 10.1 Å². The molecule has 1 N–H and O–H groups in total. The molecule has 1 heterocycles. The zero-order chi connectivity index (χ0) is 23.0. The van der Waals surface area contributed by atoms with Crippen LogP contribution >= 0.6 is 11.8 Å². The second-order valence-corrected chi connectivity index (χ2v) is 7.44. The predicted octanol–water partition coefficient (Wildman–Crippen LogP) is 4.24. The topological polar surface area (TPSA) is 77.2 Å². The van der Waals surface area contributed by atoms with Crippen LogP contribution in [0.25, 0.3) is 0 Å². The van der Waals surface area contributed by atoms with Crippen molar-refractivity contribution < 1.29 is 27.1 Å². The fraction of sp³-hybridized carbons (Fsp3) is 0.227. The largest absolute Gasteiger partial charge is 0.484 e. The molecule has 0 saturated carbocycles. The lowest BCUT2D eigenvalue weighted by atomic mass is 10.1. The Hall–Kier alpha value is -3.45. The minimum atomic E-state index is -4.43. The molecule has 0 spiro atoms. The zero-order valence-electron chi connectivity index (χ0n) is 16.9. The molecule has 3 rings (SSSR count). The molecule has 0 fully saturated rings. The Morgan fingerprint density at radius 2 is 1.97 bits per heavy atom. The number of rotatable bonds is 7. The Morgan fingerprint density at radius 1 is 1.19 bits per heavy atom. The Morgan fingerprint density at radius 3 is 2.72 bits per heavy atom. The van der Waals surface area contributed by atoms with Gasteiger partial charge in [0.25, 0.3) is 11.1 Å². The van der Waals surface area contributed by atoms with Gasteiger partial charge in [-0.25, -0.2) is 0 Å². The summed E-state index contributed by atoms with van der Waals surface area (Å²) in [6.45, 7) is 2.08. The van der Waals surface area contributed by atoms with Gasteiger partial charge in [0.05, 0.1) is 17.9 Å². The van der Waals surface area contributed by atoms with Crippen molar-refractivity contribution in [3.8, 4) is 17.6 Å². The van der Waals surface area contributed by atoms with E-state index in [1.54, 1.807) is 0 Å². The van der Waals surface area contributed by atoms with Crippen LogP contribution in [0.5, 0.6) is 5.75 Å². The van der Waals surface area contributed by atoms with Crippen LogP contribution in [0.4, 0.5) is 13.2 Å². The molecule has 0 bridgehead atoms. The number of hydrogen-bond donors (Lipinski definition) is 1. The van der Waals surface area contributed by atoms with E-state index in [0.717, 1.165) is 29.5 Å². The highest BCUT2D eigenvalue weighted by atomic mass is 32.2. The molecule has 0 aliphatic rings. The molecular weight excluding hydrogens is 443 g/mol. The molecule has 32 heavy (non-hydrogen) atoms. The summed E-state index contributed by atoms with van der Waals surface area (Å²) >= 11 is 1.05. The van der Waals surface area contributed by atoms with E-state index in [2.05, 4.69) is 27.4 Å². The Labute approximate surface area is 186 Å². The van der Waals surface area contributed by atoms with Gasteiger partial charge in [-0.3, -0.25) is 4.79 Å². The van der Waals surface area contributed by atoms with Crippen LogP contribution in [-0.2, 0) is 17.6 Å². The summed E-state index contributed by atoms with van der Waals surface area (Å²) in [5.74, 6) is 5.86. The minimum absolute atomic E-state index is 0.00485. The van der Waals surface area contributed by atoms with Gasteiger partial charge >= 0.3 is 6.18 Å². The van der Waals surface area contributed by atoms with Crippen LogP contribution in [0.3, 0.4) is 0 Å². The van der Waals surface area contributed by atoms with E-state index >= 15 is 0 Å². The van der Waals surface area contributed by atoms with Crippen molar-refractivity contribution in [1.82, 2.24) is 15.5 Å². The molecule has 6 nitrogen and oxygen atoms in total. The first-order chi connectivity index (χ1) is 15.3. The van der Waals surface area contributed by atoms with E-state index < -0.39 is 11.7 Å². The second-order valence-electron chi connectivity index (χ2n) is 6.51. The smallest absolute Gasteiger partial charge is 0.416 e. The van der Waals surface area contributed by atoms with Gasteiger partial charge in [0.2, 0.25) is 5.91 Å². The van der Waals surface area contributed by atoms with Crippen LogP contribution in [-0.4, -0.2) is 28.4 Å². The van der Waals surface area contributed by atoms with Crippen LogP contribution in [0.1, 0.15) is 22.6 Å². The molecule has 10 heteroatoms. The second kappa shape index (κ2) is 10.7. The Balaban J connectivity index is 1.39. The molecule has 1 amide bonds. The lowest BCUT2D eigenvalue weighted by Gasteiger charge is -2.05. The molecule has 0 unspecified atom stereocenters. The maximum Gasteiger partial charge on any atom is 0.416 e. The van der Waals surface area contributed by atoms with Gasteiger partial charge in [-0.05, 0) is 37.3 Å². The summed E-state index contributed by atoms with van der Waals surface area (Å²) in [7, 11) is 0. The number of halogens is 3. The number of alkyl halides is 3. The number of nitrogens with zero attached hydrogens (tertiary/aromatic N) is 2. The standard InChI is InChI=1S/C22H18F3N3O3S/c1-15-7-9-18(10-8-15)30-13-20-27-28-21(31-20)32-14-19(29)26-11-3-5-16-4-2-6-17(12-16)22(23,24)25/h2,4,6-10,12H,11,13-14H2,1H3,(H,26,29). The van der Waals surface area contributed by atoms with Crippen molar-refractivity contribution >= 4 is 17.7 Å². The highest BCUT2D eigenvalue weighted by Crippen LogP contribution is 2.29. The average Bonchev–Trinajstić information content (AvgIpc) is 3.22. The van der Waals surface area contributed by atoms with E-state index in [1.165, 1.54) is 12.1 Å². The summed E-state index contributed by atoms with van der Waals surface area (Å²) < 4.78 is 49.0. The van der Waals surface area contributed by atoms with E-state index in [4.69, 9.17) is 9.15 Å². The van der Waals surface area contributed by atoms with Gasteiger partial charge in [0, 0.05) is 5.56 Å². The van der Waals surface area contributed by atoms with Crippen LogP contribution in [0.15, 0.2) is 58.2 Å². The number of thioether (sulfide) groups is 1. The van der Waals surface area contributed by atoms with Gasteiger partial charge in [0.1, 0.15) is 5.75 Å². The normalized spacial score (nSPS) is 10.9. The third kappa shape index (κ3) is 7.35. The molecule has 0 aliphatic carbocycles. The first kappa shape index (κ1) is 23.2.